The van der Waals surface area contributed by atoms with Crippen LogP contribution in [0.15, 0.2) is 40.2 Å². The molecule has 0 fully saturated rings. The van der Waals surface area contributed by atoms with Crippen molar-refractivity contribution in [3.05, 3.63) is 50.6 Å². The van der Waals surface area contributed by atoms with Gasteiger partial charge in [0.25, 0.3) is 0 Å². The fraction of sp³-hybridized carbons (Fsp3) is 0.333. The summed E-state index contributed by atoms with van der Waals surface area (Å²) in [5, 5.41) is 5.64. The third-order valence-electron chi connectivity index (χ3n) is 2.90. The Balaban J connectivity index is 1.90. The molecule has 102 valence electrons. The summed E-state index contributed by atoms with van der Waals surface area (Å²) in [6.45, 7) is 5.78. The molecule has 2 rings (SSSR count). The minimum Gasteiger partial charge on any atom is -0.494 e. The summed E-state index contributed by atoms with van der Waals surface area (Å²) >= 11 is 5.24. The Morgan fingerprint density at radius 3 is 2.63 bits per heavy atom. The van der Waals surface area contributed by atoms with Crippen molar-refractivity contribution >= 4 is 27.3 Å². The Kier molecular flexibility index (Phi) is 5.43. The second kappa shape index (κ2) is 7.08. The molecule has 0 aliphatic carbocycles. The summed E-state index contributed by atoms with van der Waals surface area (Å²) in [6.07, 6.45) is 0. The van der Waals surface area contributed by atoms with Crippen molar-refractivity contribution in [3.8, 4) is 5.75 Å². The van der Waals surface area contributed by atoms with E-state index in [1.54, 1.807) is 11.3 Å². The van der Waals surface area contributed by atoms with Gasteiger partial charge >= 0.3 is 0 Å². The van der Waals surface area contributed by atoms with E-state index in [2.05, 4.69) is 51.7 Å². The number of hydrogen-bond acceptors (Lipinski definition) is 3. The maximum atomic E-state index is 5.45. The normalized spacial score (nSPS) is 12.4. The Hall–Kier alpha value is -0.840. The Labute approximate surface area is 126 Å². The first-order chi connectivity index (χ1) is 9.19. The number of nitrogens with one attached hydrogen (secondary N) is 1. The van der Waals surface area contributed by atoms with Gasteiger partial charge in [0.15, 0.2) is 0 Å². The van der Waals surface area contributed by atoms with Crippen molar-refractivity contribution in [2.24, 2.45) is 0 Å². The van der Waals surface area contributed by atoms with E-state index in [4.69, 9.17) is 4.74 Å². The third-order valence-corrected chi connectivity index (χ3v) is 4.59. The van der Waals surface area contributed by atoms with Crippen LogP contribution in [-0.2, 0) is 6.54 Å². The summed E-state index contributed by atoms with van der Waals surface area (Å²) in [5.74, 6) is 0.931. The van der Waals surface area contributed by atoms with Crippen molar-refractivity contribution in [1.82, 2.24) is 5.32 Å². The maximum absolute atomic E-state index is 5.45. The molecule has 2 nitrogen and oxygen atoms in total. The quantitative estimate of drug-likeness (QED) is 0.819. The Morgan fingerprint density at radius 1 is 1.32 bits per heavy atom. The van der Waals surface area contributed by atoms with E-state index >= 15 is 0 Å². The van der Waals surface area contributed by atoms with Gasteiger partial charge in [-0.25, -0.2) is 0 Å². The summed E-state index contributed by atoms with van der Waals surface area (Å²) in [4.78, 5) is 1.34. The van der Waals surface area contributed by atoms with Gasteiger partial charge in [0.05, 0.1) is 6.61 Å². The monoisotopic (exact) mass is 339 g/mol. The lowest BCUT2D eigenvalue weighted by Crippen LogP contribution is -2.17. The first-order valence-corrected chi connectivity index (χ1v) is 8.05. The fourth-order valence-corrected chi connectivity index (χ4v) is 3.24. The molecule has 0 saturated heterocycles. The lowest BCUT2D eigenvalue weighted by molar-refractivity contribution is 0.340. The van der Waals surface area contributed by atoms with Crippen LogP contribution < -0.4 is 10.1 Å². The first-order valence-electron chi connectivity index (χ1n) is 6.38. The summed E-state index contributed by atoms with van der Waals surface area (Å²) in [6, 6.07) is 10.8. The van der Waals surface area contributed by atoms with E-state index in [1.807, 2.05) is 19.1 Å². The minimum atomic E-state index is 0.330. The average Bonchev–Trinajstić information content (AvgIpc) is 2.83. The van der Waals surface area contributed by atoms with Crippen molar-refractivity contribution in [2.75, 3.05) is 6.61 Å². The molecule has 0 saturated carbocycles. The zero-order valence-corrected chi connectivity index (χ0v) is 13.6. The first kappa shape index (κ1) is 14.6. The fourth-order valence-electron chi connectivity index (χ4n) is 1.84. The van der Waals surface area contributed by atoms with Gasteiger partial charge in [-0.05, 0) is 53.5 Å². The highest BCUT2D eigenvalue weighted by molar-refractivity contribution is 9.10. The molecule has 0 amide bonds. The van der Waals surface area contributed by atoms with Crippen molar-refractivity contribution in [3.63, 3.8) is 0 Å². The van der Waals surface area contributed by atoms with Crippen molar-refractivity contribution in [2.45, 2.75) is 26.4 Å². The Morgan fingerprint density at radius 2 is 2.05 bits per heavy atom. The van der Waals surface area contributed by atoms with Crippen LogP contribution in [0.3, 0.4) is 0 Å². The lowest BCUT2D eigenvalue weighted by Gasteiger charge is -2.14. The maximum Gasteiger partial charge on any atom is 0.119 e. The number of hydrogen-bond donors (Lipinski definition) is 1. The van der Waals surface area contributed by atoms with E-state index in [-0.39, 0.29) is 0 Å². The second-order valence-electron chi connectivity index (χ2n) is 4.34. The number of benzene rings is 1. The molecule has 4 heteroatoms. The molecular formula is C15H18BrNOS. The molecule has 1 heterocycles. The molecule has 1 aromatic heterocycles. The average molecular weight is 340 g/mol. The molecule has 1 atom stereocenters. The van der Waals surface area contributed by atoms with Crippen LogP contribution in [0.2, 0.25) is 0 Å². The standard InChI is InChI=1S/C15H18BrNOS/c1-3-18-14-6-4-12(5-7-14)11(2)17-9-15-8-13(16)10-19-15/h4-8,10-11,17H,3,9H2,1-2H3. The minimum absolute atomic E-state index is 0.330. The van der Waals surface area contributed by atoms with Gasteiger partial charge in [0, 0.05) is 27.3 Å². The van der Waals surface area contributed by atoms with E-state index in [9.17, 15) is 0 Å². The molecule has 0 aliphatic rings. The molecule has 1 aromatic carbocycles. The van der Waals surface area contributed by atoms with Gasteiger partial charge in [-0.3, -0.25) is 0 Å². The third kappa shape index (κ3) is 4.34. The Bertz CT molecular complexity index is 509. The van der Waals surface area contributed by atoms with Crippen LogP contribution in [0, 0.1) is 0 Å². The largest absolute Gasteiger partial charge is 0.494 e. The zero-order valence-electron chi connectivity index (χ0n) is 11.2. The molecule has 1 unspecified atom stereocenters. The molecular weight excluding hydrogens is 322 g/mol. The van der Waals surface area contributed by atoms with Crippen LogP contribution in [0.1, 0.15) is 30.3 Å². The van der Waals surface area contributed by atoms with Crippen LogP contribution in [0.4, 0.5) is 0 Å². The number of thiophene rings is 1. The number of ether oxygens (including phenoxy) is 1. The van der Waals surface area contributed by atoms with Gasteiger partial charge < -0.3 is 10.1 Å². The van der Waals surface area contributed by atoms with E-state index in [0.717, 1.165) is 16.8 Å². The highest BCUT2D eigenvalue weighted by Crippen LogP contribution is 2.21. The van der Waals surface area contributed by atoms with Crippen LogP contribution in [-0.4, -0.2) is 6.61 Å². The molecule has 0 spiro atoms. The molecule has 0 aliphatic heterocycles. The zero-order chi connectivity index (χ0) is 13.7. The van der Waals surface area contributed by atoms with Gasteiger partial charge in [-0.15, -0.1) is 11.3 Å². The van der Waals surface area contributed by atoms with E-state index in [0.29, 0.717) is 12.6 Å². The van der Waals surface area contributed by atoms with E-state index < -0.39 is 0 Å². The topological polar surface area (TPSA) is 21.3 Å². The predicted octanol–water partition coefficient (Wildman–Crippen LogP) is 4.76. The van der Waals surface area contributed by atoms with Crippen LogP contribution in [0.5, 0.6) is 5.75 Å². The summed E-state index contributed by atoms with van der Waals surface area (Å²) in [7, 11) is 0. The van der Waals surface area contributed by atoms with Crippen LogP contribution >= 0.6 is 27.3 Å². The molecule has 0 radical (unpaired) electrons. The molecule has 2 aromatic rings. The summed E-state index contributed by atoms with van der Waals surface area (Å²) in [5.41, 5.74) is 1.28. The van der Waals surface area contributed by atoms with Gasteiger partial charge in [-0.2, -0.15) is 0 Å². The lowest BCUT2D eigenvalue weighted by atomic mass is 10.1. The second-order valence-corrected chi connectivity index (χ2v) is 6.25. The van der Waals surface area contributed by atoms with Crippen molar-refractivity contribution in [1.29, 1.82) is 0 Å². The number of halogens is 1. The van der Waals surface area contributed by atoms with E-state index in [1.165, 1.54) is 10.4 Å². The highest BCUT2D eigenvalue weighted by atomic mass is 79.9. The molecule has 1 N–H and O–H groups in total. The van der Waals surface area contributed by atoms with Gasteiger partial charge in [0.1, 0.15) is 5.75 Å². The van der Waals surface area contributed by atoms with Gasteiger partial charge in [0.2, 0.25) is 0 Å². The predicted molar refractivity (Wildman–Crippen MR) is 84.9 cm³/mol. The number of rotatable bonds is 6. The highest BCUT2D eigenvalue weighted by Gasteiger charge is 2.06. The summed E-state index contributed by atoms with van der Waals surface area (Å²) < 4.78 is 6.60. The van der Waals surface area contributed by atoms with Crippen LogP contribution in [0.25, 0.3) is 0 Å². The van der Waals surface area contributed by atoms with Gasteiger partial charge in [-0.1, -0.05) is 12.1 Å². The SMILES string of the molecule is CCOc1ccc(C(C)NCc2cc(Br)cs2)cc1. The smallest absolute Gasteiger partial charge is 0.119 e. The molecule has 19 heavy (non-hydrogen) atoms. The molecule has 0 bridgehead atoms. The van der Waals surface area contributed by atoms with Crippen molar-refractivity contribution < 1.29 is 4.74 Å².